The second kappa shape index (κ2) is 9.77. The van der Waals surface area contributed by atoms with E-state index in [0.717, 1.165) is 36.8 Å². The normalized spacial score (nSPS) is 11.2. The first-order chi connectivity index (χ1) is 11.0. The minimum Gasteiger partial charge on any atom is -0.436 e. The molecular formula is C18H25NO4. The van der Waals surface area contributed by atoms with Gasteiger partial charge >= 0.3 is 6.16 Å². The van der Waals surface area contributed by atoms with Crippen LogP contribution in [0.2, 0.25) is 0 Å². The van der Waals surface area contributed by atoms with Gasteiger partial charge in [-0.05, 0) is 32.3 Å². The highest BCUT2D eigenvalue weighted by molar-refractivity contribution is 6.46. The van der Waals surface area contributed by atoms with Crippen molar-refractivity contribution in [3.8, 4) is 0 Å². The van der Waals surface area contributed by atoms with Gasteiger partial charge < -0.3 is 4.74 Å². The number of nitrogens with zero attached hydrogens (tertiary/aromatic N) is 1. The number of hydrogen-bond donors (Lipinski definition) is 0. The highest BCUT2D eigenvalue weighted by Crippen LogP contribution is 2.15. The lowest BCUT2D eigenvalue weighted by atomic mass is 9.97. The summed E-state index contributed by atoms with van der Waals surface area (Å²) in [5, 5.41) is 3.72. The van der Waals surface area contributed by atoms with Gasteiger partial charge in [-0.2, -0.15) is 0 Å². The molecule has 0 saturated carbocycles. The minimum absolute atomic E-state index is 0.206. The van der Waals surface area contributed by atoms with Crippen LogP contribution < -0.4 is 0 Å². The number of ether oxygens (including phenoxy) is 1. The molecule has 0 amide bonds. The van der Waals surface area contributed by atoms with Crippen LogP contribution in [0.4, 0.5) is 4.79 Å². The van der Waals surface area contributed by atoms with Crippen LogP contribution in [-0.4, -0.2) is 24.8 Å². The van der Waals surface area contributed by atoms with Gasteiger partial charge in [-0.25, -0.2) is 4.79 Å². The third-order valence-corrected chi connectivity index (χ3v) is 3.55. The largest absolute Gasteiger partial charge is 0.534 e. The molecule has 1 aromatic rings. The quantitative estimate of drug-likeness (QED) is 0.175. The van der Waals surface area contributed by atoms with Crippen molar-refractivity contribution in [1.82, 2.24) is 0 Å². The third kappa shape index (κ3) is 6.22. The zero-order valence-electron chi connectivity index (χ0n) is 14.3. The second-order valence-electron chi connectivity index (χ2n) is 5.54. The molecule has 0 aliphatic heterocycles. The van der Waals surface area contributed by atoms with Crippen molar-refractivity contribution in [2.45, 2.75) is 52.9 Å². The number of benzene rings is 1. The highest BCUT2D eigenvalue weighted by Gasteiger charge is 2.18. The number of oxime groups is 1. The van der Waals surface area contributed by atoms with Gasteiger partial charge in [0.05, 0.1) is 7.11 Å². The first-order valence-electron chi connectivity index (χ1n) is 7.93. The van der Waals surface area contributed by atoms with Gasteiger partial charge in [-0.3, -0.25) is 9.63 Å². The van der Waals surface area contributed by atoms with Crippen molar-refractivity contribution in [3.63, 3.8) is 0 Å². The molecule has 23 heavy (non-hydrogen) atoms. The van der Waals surface area contributed by atoms with E-state index in [-0.39, 0.29) is 11.5 Å². The average Bonchev–Trinajstić information content (AvgIpc) is 2.53. The fraction of sp³-hybridized carbons (Fsp3) is 0.500. The van der Waals surface area contributed by atoms with Gasteiger partial charge in [0.2, 0.25) is 5.78 Å². The van der Waals surface area contributed by atoms with Crippen molar-refractivity contribution in [1.29, 1.82) is 0 Å². The van der Waals surface area contributed by atoms with Crippen molar-refractivity contribution < 1.29 is 19.2 Å². The molecule has 0 N–H and O–H groups in total. The van der Waals surface area contributed by atoms with Crippen LogP contribution in [0.15, 0.2) is 23.4 Å². The first-order valence-corrected chi connectivity index (χ1v) is 7.93. The zero-order chi connectivity index (χ0) is 17.2. The van der Waals surface area contributed by atoms with Crippen LogP contribution in [0.5, 0.6) is 0 Å². The molecule has 0 saturated heterocycles. The zero-order valence-corrected chi connectivity index (χ0v) is 14.3. The fourth-order valence-corrected chi connectivity index (χ4v) is 2.27. The minimum atomic E-state index is -0.926. The van der Waals surface area contributed by atoms with Gasteiger partial charge in [0.1, 0.15) is 5.71 Å². The summed E-state index contributed by atoms with van der Waals surface area (Å²) in [5.41, 5.74) is 2.80. The fourth-order valence-electron chi connectivity index (χ4n) is 2.27. The molecule has 0 bridgehead atoms. The van der Waals surface area contributed by atoms with E-state index in [2.05, 4.69) is 21.7 Å². The summed E-state index contributed by atoms with van der Waals surface area (Å²) in [7, 11) is 1.20. The number of Topliss-reactive ketones (excluding diaryl/α,β-unsaturated/α-hetero) is 1. The molecule has 0 atom stereocenters. The Morgan fingerprint density at radius 2 is 1.87 bits per heavy atom. The molecule has 0 radical (unpaired) electrons. The van der Waals surface area contributed by atoms with E-state index in [9.17, 15) is 9.59 Å². The van der Waals surface area contributed by atoms with E-state index < -0.39 is 6.16 Å². The molecule has 1 rings (SSSR count). The summed E-state index contributed by atoms with van der Waals surface area (Å²) in [4.78, 5) is 28.4. The SMILES string of the molecule is CCCCCCC(=NOC(=O)OC)C(=O)c1ccc(C)cc1C. The Morgan fingerprint density at radius 3 is 2.48 bits per heavy atom. The topological polar surface area (TPSA) is 65.0 Å². The molecule has 0 aromatic heterocycles. The summed E-state index contributed by atoms with van der Waals surface area (Å²) in [6.45, 7) is 5.98. The third-order valence-electron chi connectivity index (χ3n) is 3.55. The number of carbonyl (C=O) groups excluding carboxylic acids is 2. The second-order valence-corrected chi connectivity index (χ2v) is 5.54. The van der Waals surface area contributed by atoms with E-state index in [1.165, 1.54) is 7.11 Å². The maximum absolute atomic E-state index is 12.7. The highest BCUT2D eigenvalue weighted by atomic mass is 16.8. The molecule has 0 fully saturated rings. The number of aryl methyl sites for hydroxylation is 2. The molecule has 1 aromatic carbocycles. The summed E-state index contributed by atoms with van der Waals surface area (Å²) >= 11 is 0. The van der Waals surface area contributed by atoms with E-state index in [0.29, 0.717) is 12.0 Å². The van der Waals surface area contributed by atoms with Crippen molar-refractivity contribution in [2.24, 2.45) is 5.16 Å². The van der Waals surface area contributed by atoms with Crippen LogP contribution in [0.25, 0.3) is 0 Å². The number of unbranched alkanes of at least 4 members (excludes halogenated alkanes) is 3. The van der Waals surface area contributed by atoms with E-state index >= 15 is 0 Å². The number of ketones is 1. The Morgan fingerprint density at radius 1 is 1.13 bits per heavy atom. The molecule has 0 heterocycles. The molecule has 5 nitrogen and oxygen atoms in total. The summed E-state index contributed by atoms with van der Waals surface area (Å²) in [5.74, 6) is -0.206. The van der Waals surface area contributed by atoms with Gasteiger partial charge in [0.25, 0.3) is 0 Å². The van der Waals surface area contributed by atoms with Crippen LogP contribution >= 0.6 is 0 Å². The van der Waals surface area contributed by atoms with Gasteiger partial charge in [-0.1, -0.05) is 55.1 Å². The molecule has 0 aliphatic rings. The van der Waals surface area contributed by atoms with Crippen LogP contribution in [-0.2, 0) is 9.57 Å². The van der Waals surface area contributed by atoms with Gasteiger partial charge in [0, 0.05) is 5.56 Å². The van der Waals surface area contributed by atoms with E-state index in [4.69, 9.17) is 0 Å². The van der Waals surface area contributed by atoms with Crippen molar-refractivity contribution in [2.75, 3.05) is 7.11 Å². The molecule has 126 valence electrons. The van der Waals surface area contributed by atoms with Crippen molar-refractivity contribution >= 4 is 17.7 Å². The first kappa shape index (κ1) is 18.9. The molecule has 0 spiro atoms. The average molecular weight is 319 g/mol. The Labute approximate surface area is 137 Å². The lowest BCUT2D eigenvalue weighted by Crippen LogP contribution is -2.17. The van der Waals surface area contributed by atoms with Crippen molar-refractivity contribution in [3.05, 3.63) is 34.9 Å². The van der Waals surface area contributed by atoms with Gasteiger partial charge in [-0.15, -0.1) is 0 Å². The molecule has 0 aliphatic carbocycles. The molecular weight excluding hydrogens is 294 g/mol. The molecule has 0 unspecified atom stereocenters. The number of rotatable bonds is 8. The maximum Gasteiger partial charge on any atom is 0.534 e. The Hall–Kier alpha value is -2.17. The summed E-state index contributed by atoms with van der Waals surface area (Å²) < 4.78 is 4.39. The van der Waals surface area contributed by atoms with Crippen LogP contribution in [0, 0.1) is 13.8 Å². The van der Waals surface area contributed by atoms with Crippen LogP contribution in [0.1, 0.15) is 60.5 Å². The lowest BCUT2D eigenvalue weighted by molar-refractivity contribution is 0.0746. The number of hydrogen-bond acceptors (Lipinski definition) is 5. The lowest BCUT2D eigenvalue weighted by Gasteiger charge is -2.08. The van der Waals surface area contributed by atoms with E-state index in [1.54, 1.807) is 6.07 Å². The smallest absolute Gasteiger partial charge is 0.436 e. The number of methoxy groups -OCH3 is 1. The standard InChI is InChI=1S/C18H25NO4/c1-5-6-7-8-9-16(19-23-18(21)22-4)17(20)15-11-10-13(2)12-14(15)3/h10-12H,5-9H2,1-4H3. The Kier molecular flexibility index (Phi) is 8.02. The number of carbonyl (C=O) groups is 2. The predicted octanol–water partition coefficient (Wildman–Crippen LogP) is 4.60. The predicted molar refractivity (Wildman–Crippen MR) is 89.9 cm³/mol. The summed E-state index contributed by atoms with van der Waals surface area (Å²) in [6, 6.07) is 5.62. The Bertz CT molecular complexity index is 578. The maximum atomic E-state index is 12.7. The molecule has 5 heteroatoms. The van der Waals surface area contributed by atoms with E-state index in [1.807, 2.05) is 26.0 Å². The monoisotopic (exact) mass is 319 g/mol. The Balaban J connectivity index is 2.92. The van der Waals surface area contributed by atoms with Gasteiger partial charge in [0.15, 0.2) is 0 Å². The van der Waals surface area contributed by atoms with Crippen LogP contribution in [0.3, 0.4) is 0 Å². The summed E-state index contributed by atoms with van der Waals surface area (Å²) in [6.07, 6.45) is 3.59.